The van der Waals surface area contributed by atoms with Crippen LogP contribution in [0.3, 0.4) is 0 Å². The number of aromatic amines is 1. The van der Waals surface area contributed by atoms with Crippen LogP contribution in [0.1, 0.15) is 18.3 Å². The number of hydrogen-bond acceptors (Lipinski definition) is 14. The van der Waals surface area contributed by atoms with Gasteiger partial charge in [0.05, 0.1) is 19.5 Å². The minimum Gasteiger partial charge on any atom is -0.394 e. The van der Waals surface area contributed by atoms with Crippen LogP contribution in [0.5, 0.6) is 0 Å². The molecular formula is C19H23F2N8O10P. The summed E-state index contributed by atoms with van der Waals surface area (Å²) in [5.74, 6) is -0.171. The second kappa shape index (κ2) is 10.6. The van der Waals surface area contributed by atoms with Crippen molar-refractivity contribution in [3.63, 3.8) is 0 Å². The predicted molar refractivity (Wildman–Crippen MR) is 125 cm³/mol. The molecule has 3 aromatic heterocycles. The number of halogens is 2. The summed E-state index contributed by atoms with van der Waals surface area (Å²) in [6, 6.07) is 0. The molecule has 21 heteroatoms. The third-order valence-electron chi connectivity index (χ3n) is 6.24. The van der Waals surface area contributed by atoms with Crippen LogP contribution >= 0.6 is 7.82 Å². The molecular weight excluding hydrogens is 569 g/mol. The summed E-state index contributed by atoms with van der Waals surface area (Å²) >= 11 is 0. The first-order chi connectivity index (χ1) is 18.9. The van der Waals surface area contributed by atoms with E-state index in [-0.39, 0.29) is 22.9 Å². The normalized spacial score (nSPS) is 32.0. The number of nitrogens with zero attached hydrogens (tertiary/aromatic N) is 6. The zero-order valence-corrected chi connectivity index (χ0v) is 21.2. The van der Waals surface area contributed by atoms with Gasteiger partial charge < -0.3 is 35.3 Å². The molecule has 18 nitrogen and oxygen atoms in total. The van der Waals surface area contributed by atoms with E-state index in [1.807, 2.05) is 0 Å². The Bertz CT molecular complexity index is 1570. The summed E-state index contributed by atoms with van der Waals surface area (Å²) in [6.45, 7) is -0.274. The number of aromatic nitrogens is 7. The van der Waals surface area contributed by atoms with Gasteiger partial charge >= 0.3 is 13.5 Å². The Hall–Kier alpha value is -3.23. The number of nitrogens with one attached hydrogen (secondary N) is 1. The Morgan fingerprint density at radius 1 is 1.12 bits per heavy atom. The highest BCUT2D eigenvalue weighted by Crippen LogP contribution is 2.50. The summed E-state index contributed by atoms with van der Waals surface area (Å²) in [7, 11) is -5.15. The largest absolute Gasteiger partial charge is 0.472 e. The monoisotopic (exact) mass is 592 g/mol. The first-order valence-electron chi connectivity index (χ1n) is 11.6. The Balaban J connectivity index is 1.28. The fraction of sp³-hybridized carbons (Fsp3) is 0.579. The van der Waals surface area contributed by atoms with E-state index in [4.69, 9.17) is 24.3 Å². The van der Waals surface area contributed by atoms with Crippen molar-refractivity contribution in [2.75, 3.05) is 18.9 Å². The van der Waals surface area contributed by atoms with E-state index < -0.39 is 81.5 Å². The molecule has 5 heterocycles. The molecule has 218 valence electrons. The van der Waals surface area contributed by atoms with Crippen LogP contribution in [-0.4, -0.2) is 99.1 Å². The first kappa shape index (κ1) is 28.3. The molecule has 0 aliphatic carbocycles. The van der Waals surface area contributed by atoms with Crippen molar-refractivity contribution >= 4 is 24.9 Å². The smallest absolute Gasteiger partial charge is 0.394 e. The lowest BCUT2D eigenvalue weighted by molar-refractivity contribution is -0.0582. The molecule has 0 spiro atoms. The fourth-order valence-corrected chi connectivity index (χ4v) is 5.32. The Kier molecular flexibility index (Phi) is 7.52. The number of nitrogen functional groups attached to an aromatic ring is 1. The molecule has 6 N–H and O–H groups in total. The number of nitrogens with two attached hydrogens (primary N) is 1. The van der Waals surface area contributed by atoms with Gasteiger partial charge in [0.15, 0.2) is 36.0 Å². The summed E-state index contributed by atoms with van der Waals surface area (Å²) in [6.07, 6.45) is -12.5. The van der Waals surface area contributed by atoms with Gasteiger partial charge in [-0.15, -0.1) is 0 Å². The lowest BCUT2D eigenvalue weighted by Crippen LogP contribution is -2.35. The summed E-state index contributed by atoms with van der Waals surface area (Å²) < 4.78 is 65.0. The molecule has 40 heavy (non-hydrogen) atoms. The average Bonchev–Trinajstić information content (AvgIpc) is 3.53. The number of ether oxygens (including phenoxy) is 2. The number of aliphatic hydroxyl groups is 2. The van der Waals surface area contributed by atoms with Crippen LogP contribution < -0.4 is 17.0 Å². The van der Waals surface area contributed by atoms with Crippen LogP contribution in [0.15, 0.2) is 22.2 Å². The van der Waals surface area contributed by atoms with Gasteiger partial charge in [0.2, 0.25) is 5.95 Å². The van der Waals surface area contributed by atoms with Crippen molar-refractivity contribution in [1.82, 2.24) is 34.1 Å². The number of alkyl halides is 2. The lowest BCUT2D eigenvalue weighted by Gasteiger charge is -2.22. The molecule has 9 atom stereocenters. The molecule has 0 aromatic carbocycles. The Labute approximate surface area is 221 Å². The number of hydrogen-bond donors (Lipinski definition) is 5. The highest BCUT2D eigenvalue weighted by atomic mass is 31.2. The number of phosphoric acid groups is 1. The first-order valence-corrected chi connectivity index (χ1v) is 13.1. The van der Waals surface area contributed by atoms with E-state index in [1.165, 1.54) is 6.92 Å². The zero-order chi connectivity index (χ0) is 28.9. The molecule has 2 saturated heterocycles. The molecule has 3 unspecified atom stereocenters. The van der Waals surface area contributed by atoms with Gasteiger partial charge in [-0.3, -0.25) is 23.0 Å². The zero-order valence-electron chi connectivity index (χ0n) is 20.4. The van der Waals surface area contributed by atoms with Crippen LogP contribution in [0.2, 0.25) is 0 Å². The highest BCUT2D eigenvalue weighted by Gasteiger charge is 2.51. The number of imidazole rings is 1. The van der Waals surface area contributed by atoms with E-state index in [2.05, 4.69) is 24.9 Å². The van der Waals surface area contributed by atoms with Crippen LogP contribution in [0.25, 0.3) is 11.2 Å². The minimum absolute atomic E-state index is 0.0389. The topological polar surface area (TPSA) is 252 Å². The quantitative estimate of drug-likeness (QED) is 0.177. The van der Waals surface area contributed by atoms with E-state index in [9.17, 15) is 33.7 Å². The number of aliphatic hydroxyl groups excluding tert-OH is 2. The minimum atomic E-state index is -5.15. The van der Waals surface area contributed by atoms with Gasteiger partial charge in [0, 0.05) is 0 Å². The third kappa shape index (κ3) is 5.15. The maximum Gasteiger partial charge on any atom is 0.472 e. The van der Waals surface area contributed by atoms with Gasteiger partial charge in [-0.2, -0.15) is 4.98 Å². The maximum absolute atomic E-state index is 15.5. The second-order valence-electron chi connectivity index (χ2n) is 8.91. The maximum atomic E-state index is 15.5. The second-order valence-corrected chi connectivity index (χ2v) is 10.3. The lowest BCUT2D eigenvalue weighted by atomic mass is 10.1. The van der Waals surface area contributed by atoms with Crippen molar-refractivity contribution in [2.45, 2.75) is 56.1 Å². The number of aryl methyl sites for hydroxylation is 1. The van der Waals surface area contributed by atoms with Crippen molar-refractivity contribution in [3.05, 3.63) is 39.3 Å². The van der Waals surface area contributed by atoms with Crippen molar-refractivity contribution in [1.29, 1.82) is 0 Å². The summed E-state index contributed by atoms with van der Waals surface area (Å²) in [4.78, 5) is 51.7. The predicted octanol–water partition coefficient (Wildman–Crippen LogP) is -2.01. The number of fused-ring (bicyclic) bond motifs is 1. The fourth-order valence-electron chi connectivity index (χ4n) is 4.36. The van der Waals surface area contributed by atoms with Crippen LogP contribution in [0, 0.1) is 6.92 Å². The molecule has 0 radical (unpaired) electrons. The van der Waals surface area contributed by atoms with Gasteiger partial charge in [-0.1, -0.05) is 0 Å². The van der Waals surface area contributed by atoms with E-state index >= 15 is 4.39 Å². The number of rotatable bonds is 8. The number of anilines is 1. The summed E-state index contributed by atoms with van der Waals surface area (Å²) in [5, 5.41) is 19.9. The van der Waals surface area contributed by atoms with Crippen molar-refractivity contribution in [3.8, 4) is 0 Å². The summed E-state index contributed by atoms with van der Waals surface area (Å²) in [5.41, 5.74) is 3.53. The SMILES string of the molecule is Cc1nc2c(ncn2[C@@H]2O[C@H](CO)C(OP(=O)(O)OC[C@H]3O[C@@H](n4cnc(N)nc4=O)[C@@H](F)C3O)[C@@H]2F)c(=O)[nH]1. The molecule has 2 aliphatic rings. The van der Waals surface area contributed by atoms with Crippen molar-refractivity contribution in [2.24, 2.45) is 0 Å². The Morgan fingerprint density at radius 2 is 1.80 bits per heavy atom. The molecule has 0 bridgehead atoms. The van der Waals surface area contributed by atoms with Gasteiger partial charge in [-0.25, -0.2) is 33.1 Å². The van der Waals surface area contributed by atoms with Gasteiger partial charge in [-0.05, 0) is 6.92 Å². The van der Waals surface area contributed by atoms with Crippen LogP contribution in [0.4, 0.5) is 14.7 Å². The standard InChI is InChI=1S/C19H23F2N8O10P/c1-6-25-14-11(15(32)26-6)23-4-28(14)17-10(21)13(7(2-30)37-17)39-40(34,35)36-3-8-12(31)9(20)16(38-8)29-5-24-18(22)27-19(29)33/h4-5,7-10,12-13,16-17,30-31H,2-3H2,1H3,(H,34,35)(H2,22,27,33)(H,25,26,32)/t7-,8-,9+,10+,12?,13?,16-,17-/m1/s1. The van der Waals surface area contributed by atoms with Gasteiger partial charge in [0.1, 0.15) is 36.6 Å². The molecule has 2 aliphatic heterocycles. The molecule has 3 aromatic rings. The number of H-pyrrole nitrogens is 1. The Morgan fingerprint density at radius 3 is 2.50 bits per heavy atom. The van der Waals surface area contributed by atoms with E-state index in [1.54, 1.807) is 0 Å². The van der Waals surface area contributed by atoms with Crippen molar-refractivity contribution < 1.29 is 47.0 Å². The molecule has 0 amide bonds. The van der Waals surface area contributed by atoms with Gasteiger partial charge in [0.25, 0.3) is 5.56 Å². The third-order valence-corrected chi connectivity index (χ3v) is 7.23. The average molecular weight is 592 g/mol. The van der Waals surface area contributed by atoms with E-state index in [0.29, 0.717) is 4.57 Å². The highest BCUT2D eigenvalue weighted by molar-refractivity contribution is 7.47. The molecule has 0 saturated carbocycles. The van der Waals surface area contributed by atoms with E-state index in [0.717, 1.165) is 17.2 Å². The number of phosphoric ester groups is 1. The molecule has 2 fully saturated rings. The molecule has 5 rings (SSSR count). The van der Waals surface area contributed by atoms with Crippen LogP contribution in [-0.2, 0) is 23.1 Å².